The number of halogens is 1. The summed E-state index contributed by atoms with van der Waals surface area (Å²) in [5, 5.41) is 7.17. The zero-order valence-electron chi connectivity index (χ0n) is 11.4. The highest BCUT2D eigenvalue weighted by Gasteiger charge is 2.13. The first-order valence-corrected chi connectivity index (χ1v) is 7.01. The van der Waals surface area contributed by atoms with Crippen molar-refractivity contribution in [3.8, 4) is 0 Å². The van der Waals surface area contributed by atoms with E-state index in [1.165, 1.54) is 0 Å². The van der Waals surface area contributed by atoms with Crippen molar-refractivity contribution in [2.45, 2.75) is 19.9 Å². The highest BCUT2D eigenvalue weighted by molar-refractivity contribution is 9.10. The first-order chi connectivity index (χ1) is 9.51. The van der Waals surface area contributed by atoms with Crippen molar-refractivity contribution >= 4 is 27.7 Å². The molecule has 7 heteroatoms. The van der Waals surface area contributed by atoms with E-state index in [0.717, 1.165) is 17.7 Å². The van der Waals surface area contributed by atoms with Crippen LogP contribution in [0.5, 0.6) is 0 Å². The number of nitrogens with zero attached hydrogens (tertiary/aromatic N) is 3. The molecule has 2 aromatic rings. The molecule has 0 radical (unpaired) electrons. The van der Waals surface area contributed by atoms with Gasteiger partial charge in [0, 0.05) is 36.0 Å². The fraction of sp³-hybridized carbons (Fsp3) is 0.308. The van der Waals surface area contributed by atoms with Crippen LogP contribution >= 0.6 is 15.9 Å². The Balaban J connectivity index is 2.10. The maximum Gasteiger partial charge on any atom is 0.255 e. The summed E-state index contributed by atoms with van der Waals surface area (Å²) in [7, 11) is 1.86. The molecule has 20 heavy (non-hydrogen) atoms. The van der Waals surface area contributed by atoms with Gasteiger partial charge in [0.05, 0.1) is 11.3 Å². The van der Waals surface area contributed by atoms with E-state index in [2.05, 4.69) is 31.3 Å². The molecule has 0 aliphatic heterocycles. The van der Waals surface area contributed by atoms with Crippen LogP contribution in [0.25, 0.3) is 0 Å². The molecule has 106 valence electrons. The van der Waals surface area contributed by atoms with E-state index in [4.69, 9.17) is 5.73 Å². The fourth-order valence-corrected chi connectivity index (χ4v) is 2.26. The van der Waals surface area contributed by atoms with Crippen molar-refractivity contribution in [3.05, 3.63) is 39.8 Å². The maximum atomic E-state index is 12.1. The first kappa shape index (κ1) is 14.5. The minimum Gasteiger partial charge on any atom is -0.383 e. The van der Waals surface area contributed by atoms with Crippen LogP contribution < -0.4 is 11.1 Å². The van der Waals surface area contributed by atoms with Crippen molar-refractivity contribution in [2.24, 2.45) is 7.05 Å². The minimum atomic E-state index is -0.248. The third-order valence-corrected chi connectivity index (χ3v) is 3.33. The normalized spacial score (nSPS) is 10.6. The SMILES string of the molecule is CCc1nn(C)cc1CNC(=O)c1cc(Br)cnc1N. The van der Waals surface area contributed by atoms with Crippen molar-refractivity contribution in [2.75, 3.05) is 5.73 Å². The number of nitrogens with one attached hydrogen (secondary N) is 1. The predicted octanol–water partition coefficient (Wildman–Crippen LogP) is 1.65. The number of anilines is 1. The van der Waals surface area contributed by atoms with Crippen LogP contribution in [0.4, 0.5) is 5.82 Å². The predicted molar refractivity (Wildman–Crippen MR) is 80.1 cm³/mol. The molecule has 0 saturated carbocycles. The molecule has 1 amide bonds. The van der Waals surface area contributed by atoms with Crippen LogP contribution in [0.15, 0.2) is 22.9 Å². The molecule has 0 atom stereocenters. The van der Waals surface area contributed by atoms with Crippen LogP contribution in [-0.4, -0.2) is 20.7 Å². The van der Waals surface area contributed by atoms with Crippen molar-refractivity contribution in [1.82, 2.24) is 20.1 Å². The number of amides is 1. The van der Waals surface area contributed by atoms with Gasteiger partial charge in [0.1, 0.15) is 5.82 Å². The van der Waals surface area contributed by atoms with Crippen LogP contribution in [-0.2, 0) is 20.0 Å². The largest absolute Gasteiger partial charge is 0.383 e. The quantitative estimate of drug-likeness (QED) is 0.888. The summed E-state index contributed by atoms with van der Waals surface area (Å²) in [5.74, 6) is -0.0326. The standard InChI is InChI=1S/C13H16BrN5O/c1-3-11-8(7-19(2)18-11)5-17-13(20)10-4-9(14)6-16-12(10)15/h4,6-7H,3,5H2,1-2H3,(H2,15,16)(H,17,20). The summed E-state index contributed by atoms with van der Waals surface area (Å²) in [4.78, 5) is 16.1. The average Bonchev–Trinajstić information content (AvgIpc) is 2.79. The lowest BCUT2D eigenvalue weighted by molar-refractivity contribution is 0.0951. The third-order valence-electron chi connectivity index (χ3n) is 2.90. The molecule has 0 spiro atoms. The van der Waals surface area contributed by atoms with Gasteiger partial charge in [-0.05, 0) is 28.4 Å². The number of aromatic nitrogens is 3. The number of nitrogens with two attached hydrogens (primary N) is 1. The summed E-state index contributed by atoms with van der Waals surface area (Å²) in [6, 6.07) is 1.65. The molecule has 0 aliphatic carbocycles. The van der Waals surface area contributed by atoms with E-state index in [1.807, 2.05) is 20.2 Å². The van der Waals surface area contributed by atoms with Gasteiger partial charge >= 0.3 is 0 Å². The van der Waals surface area contributed by atoms with Crippen molar-refractivity contribution < 1.29 is 4.79 Å². The summed E-state index contributed by atoms with van der Waals surface area (Å²) in [5.41, 5.74) is 8.06. The number of hydrogen-bond acceptors (Lipinski definition) is 4. The number of carbonyl (C=O) groups excluding carboxylic acids is 1. The number of aryl methyl sites for hydroxylation is 2. The third kappa shape index (κ3) is 3.16. The van der Waals surface area contributed by atoms with Gasteiger partial charge in [0.15, 0.2) is 0 Å². The number of hydrogen-bond donors (Lipinski definition) is 2. The summed E-state index contributed by atoms with van der Waals surface area (Å²) in [6.45, 7) is 2.45. The van der Waals surface area contributed by atoms with E-state index < -0.39 is 0 Å². The van der Waals surface area contributed by atoms with E-state index in [-0.39, 0.29) is 11.7 Å². The number of carbonyl (C=O) groups is 1. The van der Waals surface area contributed by atoms with E-state index >= 15 is 0 Å². The second-order valence-electron chi connectivity index (χ2n) is 4.40. The molecular formula is C13H16BrN5O. The Hall–Kier alpha value is -1.89. The Kier molecular flexibility index (Phi) is 4.39. The van der Waals surface area contributed by atoms with Gasteiger partial charge in [-0.3, -0.25) is 9.48 Å². The molecule has 6 nitrogen and oxygen atoms in total. The summed E-state index contributed by atoms with van der Waals surface area (Å²) < 4.78 is 2.46. The van der Waals surface area contributed by atoms with Crippen molar-refractivity contribution in [3.63, 3.8) is 0 Å². The van der Waals surface area contributed by atoms with Gasteiger partial charge in [-0.2, -0.15) is 5.10 Å². The molecule has 0 aliphatic rings. The Morgan fingerprint density at radius 3 is 3.00 bits per heavy atom. The molecule has 2 heterocycles. The molecule has 3 N–H and O–H groups in total. The zero-order chi connectivity index (χ0) is 14.7. The molecular weight excluding hydrogens is 322 g/mol. The molecule has 0 saturated heterocycles. The molecule has 2 rings (SSSR count). The van der Waals surface area contributed by atoms with Gasteiger partial charge in [-0.25, -0.2) is 4.98 Å². The topological polar surface area (TPSA) is 85.8 Å². The number of pyridine rings is 1. The lowest BCUT2D eigenvalue weighted by Gasteiger charge is -2.07. The zero-order valence-corrected chi connectivity index (χ0v) is 12.9. The van der Waals surface area contributed by atoms with E-state index in [0.29, 0.717) is 16.6 Å². The highest BCUT2D eigenvalue weighted by atomic mass is 79.9. The molecule has 0 fully saturated rings. The van der Waals surface area contributed by atoms with E-state index in [9.17, 15) is 4.79 Å². The van der Waals surface area contributed by atoms with Crippen LogP contribution in [0.1, 0.15) is 28.5 Å². The lowest BCUT2D eigenvalue weighted by atomic mass is 10.2. The molecule has 0 bridgehead atoms. The maximum absolute atomic E-state index is 12.1. The second-order valence-corrected chi connectivity index (χ2v) is 5.31. The lowest BCUT2D eigenvalue weighted by Crippen LogP contribution is -2.24. The van der Waals surface area contributed by atoms with Gasteiger partial charge in [-0.15, -0.1) is 0 Å². The summed E-state index contributed by atoms with van der Waals surface area (Å²) >= 11 is 3.28. The second kappa shape index (κ2) is 6.04. The molecule has 0 aromatic carbocycles. The molecule has 0 unspecified atom stereocenters. The Morgan fingerprint density at radius 2 is 2.30 bits per heavy atom. The van der Waals surface area contributed by atoms with E-state index in [1.54, 1.807) is 16.9 Å². The smallest absolute Gasteiger partial charge is 0.255 e. The minimum absolute atomic E-state index is 0.215. The van der Waals surface area contributed by atoms with Gasteiger partial charge in [-0.1, -0.05) is 6.92 Å². The van der Waals surface area contributed by atoms with Crippen LogP contribution in [0.2, 0.25) is 0 Å². The first-order valence-electron chi connectivity index (χ1n) is 6.22. The van der Waals surface area contributed by atoms with Gasteiger partial charge < -0.3 is 11.1 Å². The fourth-order valence-electron chi connectivity index (χ4n) is 1.93. The Labute approximate surface area is 125 Å². The van der Waals surface area contributed by atoms with Crippen LogP contribution in [0.3, 0.4) is 0 Å². The monoisotopic (exact) mass is 337 g/mol. The number of rotatable bonds is 4. The van der Waals surface area contributed by atoms with Gasteiger partial charge in [0.2, 0.25) is 0 Å². The van der Waals surface area contributed by atoms with Crippen LogP contribution in [0, 0.1) is 0 Å². The van der Waals surface area contributed by atoms with Gasteiger partial charge in [0.25, 0.3) is 5.91 Å². The Morgan fingerprint density at radius 1 is 1.55 bits per heavy atom. The summed E-state index contributed by atoms with van der Waals surface area (Å²) in [6.07, 6.45) is 4.29. The molecule has 2 aromatic heterocycles. The highest BCUT2D eigenvalue weighted by Crippen LogP contribution is 2.15. The van der Waals surface area contributed by atoms with Crippen molar-refractivity contribution in [1.29, 1.82) is 0 Å². The number of nitrogen functional groups attached to an aromatic ring is 1. The average molecular weight is 338 g/mol. The Bertz CT molecular complexity index is 638.